The van der Waals surface area contributed by atoms with Crippen molar-refractivity contribution in [2.45, 2.75) is 38.5 Å². The lowest BCUT2D eigenvalue weighted by Gasteiger charge is -2.13. The molecule has 0 fully saturated rings. The molecule has 32 heavy (non-hydrogen) atoms. The molecule has 0 amide bonds. The van der Waals surface area contributed by atoms with Crippen molar-refractivity contribution < 1.29 is 0 Å². The molecular formula is C27H26N4S. The largest absolute Gasteiger partial charge is 0.369 e. The predicted octanol–water partition coefficient (Wildman–Crippen LogP) is 6.30. The average Bonchev–Trinajstić information content (AvgIpc) is 3.41. The van der Waals surface area contributed by atoms with Gasteiger partial charge in [-0.1, -0.05) is 48.5 Å². The number of nitrogens with one attached hydrogen (secondary N) is 2. The van der Waals surface area contributed by atoms with Crippen LogP contribution in [0.3, 0.4) is 0 Å². The summed E-state index contributed by atoms with van der Waals surface area (Å²) in [6.45, 7) is 0.851. The Kier molecular flexibility index (Phi) is 5.12. The van der Waals surface area contributed by atoms with Gasteiger partial charge in [-0.25, -0.2) is 9.97 Å². The van der Waals surface area contributed by atoms with Crippen molar-refractivity contribution in [3.63, 3.8) is 0 Å². The van der Waals surface area contributed by atoms with E-state index in [1.54, 1.807) is 0 Å². The highest BCUT2D eigenvalue weighted by atomic mass is 32.1. The van der Waals surface area contributed by atoms with Gasteiger partial charge in [-0.3, -0.25) is 0 Å². The number of nitrogens with zero attached hydrogens (tertiary/aromatic N) is 2. The number of aromatic nitrogens is 3. The number of thiophene rings is 1. The summed E-state index contributed by atoms with van der Waals surface area (Å²) < 4.78 is 0. The SMILES string of the molecule is c1ccc(Cc2nc(NCCc3c[nH]c4ccccc34)c3c4c(sc3n2)CCCC4)cc1. The van der Waals surface area contributed by atoms with E-state index in [4.69, 9.17) is 9.97 Å². The number of rotatable bonds is 6. The molecular weight excluding hydrogens is 412 g/mol. The third-order valence-electron chi connectivity index (χ3n) is 6.43. The van der Waals surface area contributed by atoms with Crippen LogP contribution < -0.4 is 5.32 Å². The molecule has 0 saturated carbocycles. The van der Waals surface area contributed by atoms with Crippen LogP contribution in [-0.4, -0.2) is 21.5 Å². The zero-order chi connectivity index (χ0) is 21.3. The van der Waals surface area contributed by atoms with Crippen LogP contribution in [0.2, 0.25) is 0 Å². The van der Waals surface area contributed by atoms with Gasteiger partial charge in [0, 0.05) is 34.9 Å². The van der Waals surface area contributed by atoms with Crippen LogP contribution >= 0.6 is 11.3 Å². The highest BCUT2D eigenvalue weighted by molar-refractivity contribution is 7.19. The van der Waals surface area contributed by atoms with Crippen LogP contribution in [0.5, 0.6) is 0 Å². The summed E-state index contributed by atoms with van der Waals surface area (Å²) in [5.74, 6) is 1.91. The molecule has 1 aliphatic rings. The number of benzene rings is 2. The molecule has 160 valence electrons. The van der Waals surface area contributed by atoms with Crippen LogP contribution in [0.1, 0.15) is 40.2 Å². The number of fused-ring (bicyclic) bond motifs is 4. The van der Waals surface area contributed by atoms with Gasteiger partial charge in [-0.05, 0) is 54.9 Å². The lowest BCUT2D eigenvalue weighted by Crippen LogP contribution is -2.10. The molecule has 4 nitrogen and oxygen atoms in total. The molecule has 6 rings (SSSR count). The summed E-state index contributed by atoms with van der Waals surface area (Å²) in [6, 6.07) is 19.0. The van der Waals surface area contributed by atoms with E-state index in [9.17, 15) is 0 Å². The standard InChI is InChI=1S/C27H26N4S/c1-2-8-18(9-3-1)16-24-30-26(25-21-11-5-7-13-23(21)32-27(25)31-24)28-15-14-19-17-29-22-12-6-4-10-20(19)22/h1-4,6,8-10,12,17,29H,5,7,11,13-16H2,(H,28,30,31). The number of hydrogen-bond acceptors (Lipinski definition) is 4. The van der Waals surface area contributed by atoms with Gasteiger partial charge in [0.1, 0.15) is 16.5 Å². The molecule has 2 aromatic carbocycles. The number of aryl methyl sites for hydroxylation is 2. The zero-order valence-electron chi connectivity index (χ0n) is 18.0. The molecule has 5 aromatic rings. The molecule has 0 bridgehead atoms. The number of aromatic amines is 1. The molecule has 5 heteroatoms. The molecule has 0 unspecified atom stereocenters. The number of anilines is 1. The van der Waals surface area contributed by atoms with Gasteiger partial charge in [0.25, 0.3) is 0 Å². The lowest BCUT2D eigenvalue weighted by molar-refractivity contribution is 0.700. The maximum Gasteiger partial charge on any atom is 0.138 e. The number of para-hydroxylation sites is 1. The summed E-state index contributed by atoms with van der Waals surface area (Å²) in [7, 11) is 0. The van der Waals surface area contributed by atoms with E-state index in [0.29, 0.717) is 0 Å². The quantitative estimate of drug-likeness (QED) is 0.327. The maximum atomic E-state index is 5.03. The third-order valence-corrected chi connectivity index (χ3v) is 7.61. The van der Waals surface area contributed by atoms with Crippen LogP contribution in [0.4, 0.5) is 5.82 Å². The molecule has 0 atom stereocenters. The molecule has 0 aliphatic heterocycles. The minimum absolute atomic E-state index is 0.760. The van der Waals surface area contributed by atoms with Crippen molar-refractivity contribution in [3.8, 4) is 0 Å². The Hall–Kier alpha value is -3.18. The monoisotopic (exact) mass is 438 g/mol. The van der Waals surface area contributed by atoms with Crippen molar-refractivity contribution in [1.29, 1.82) is 0 Å². The Bertz CT molecular complexity index is 1380. The highest BCUT2D eigenvalue weighted by Gasteiger charge is 2.21. The Morgan fingerprint density at radius 3 is 2.72 bits per heavy atom. The summed E-state index contributed by atoms with van der Waals surface area (Å²) >= 11 is 1.88. The first kappa shape index (κ1) is 19.5. The Balaban J connectivity index is 1.32. The molecule has 3 heterocycles. The fourth-order valence-corrected chi connectivity index (χ4v) is 6.12. The van der Waals surface area contributed by atoms with Crippen molar-refractivity contribution >= 4 is 38.3 Å². The Morgan fingerprint density at radius 1 is 0.938 bits per heavy atom. The normalized spacial score (nSPS) is 13.5. The van der Waals surface area contributed by atoms with Gasteiger partial charge in [0.2, 0.25) is 0 Å². The summed E-state index contributed by atoms with van der Waals surface area (Å²) in [5, 5.41) is 6.26. The van der Waals surface area contributed by atoms with E-state index in [1.165, 1.54) is 57.1 Å². The van der Waals surface area contributed by atoms with Gasteiger partial charge in [0.15, 0.2) is 0 Å². The molecule has 0 radical (unpaired) electrons. The Labute approximate surface area is 191 Å². The molecule has 2 N–H and O–H groups in total. The minimum Gasteiger partial charge on any atom is -0.369 e. The molecule has 1 aliphatic carbocycles. The molecule has 0 saturated heterocycles. The summed E-state index contributed by atoms with van der Waals surface area (Å²) in [5.41, 5.74) is 5.27. The van der Waals surface area contributed by atoms with Gasteiger partial charge in [-0.2, -0.15) is 0 Å². The third kappa shape index (κ3) is 3.67. The van der Waals surface area contributed by atoms with E-state index < -0.39 is 0 Å². The van der Waals surface area contributed by atoms with E-state index in [1.807, 2.05) is 11.3 Å². The lowest BCUT2D eigenvalue weighted by atomic mass is 9.97. The number of hydrogen-bond donors (Lipinski definition) is 2. The second-order valence-electron chi connectivity index (χ2n) is 8.58. The van der Waals surface area contributed by atoms with Gasteiger partial charge in [-0.15, -0.1) is 11.3 Å². The average molecular weight is 439 g/mol. The smallest absolute Gasteiger partial charge is 0.138 e. The number of H-pyrrole nitrogens is 1. The zero-order valence-corrected chi connectivity index (χ0v) is 18.8. The first-order valence-corrected chi connectivity index (χ1v) is 12.3. The fraction of sp³-hybridized carbons (Fsp3) is 0.259. The highest BCUT2D eigenvalue weighted by Crippen LogP contribution is 2.38. The first-order valence-electron chi connectivity index (χ1n) is 11.5. The Morgan fingerprint density at radius 2 is 1.78 bits per heavy atom. The van der Waals surface area contributed by atoms with Crippen molar-refractivity contribution in [1.82, 2.24) is 15.0 Å². The van der Waals surface area contributed by atoms with Crippen LogP contribution in [0.25, 0.3) is 21.1 Å². The van der Waals surface area contributed by atoms with Crippen LogP contribution in [-0.2, 0) is 25.7 Å². The van der Waals surface area contributed by atoms with E-state index >= 15 is 0 Å². The van der Waals surface area contributed by atoms with E-state index in [0.717, 1.165) is 42.3 Å². The van der Waals surface area contributed by atoms with Crippen LogP contribution in [0.15, 0.2) is 60.8 Å². The predicted molar refractivity (Wildman–Crippen MR) is 134 cm³/mol. The summed E-state index contributed by atoms with van der Waals surface area (Å²) in [6.07, 6.45) is 8.72. The van der Waals surface area contributed by atoms with Crippen molar-refractivity contribution in [2.75, 3.05) is 11.9 Å². The van der Waals surface area contributed by atoms with Gasteiger partial charge in [0.05, 0.1) is 5.39 Å². The van der Waals surface area contributed by atoms with E-state index in [2.05, 4.69) is 71.1 Å². The summed E-state index contributed by atoms with van der Waals surface area (Å²) in [4.78, 5) is 16.1. The molecule has 3 aromatic heterocycles. The topological polar surface area (TPSA) is 53.6 Å². The van der Waals surface area contributed by atoms with E-state index in [-0.39, 0.29) is 0 Å². The fourth-order valence-electron chi connectivity index (χ4n) is 4.84. The first-order chi connectivity index (χ1) is 15.8. The van der Waals surface area contributed by atoms with Crippen molar-refractivity contribution in [2.24, 2.45) is 0 Å². The van der Waals surface area contributed by atoms with Gasteiger partial charge < -0.3 is 10.3 Å². The van der Waals surface area contributed by atoms with Gasteiger partial charge >= 0.3 is 0 Å². The maximum absolute atomic E-state index is 5.03. The van der Waals surface area contributed by atoms with Crippen molar-refractivity contribution in [3.05, 3.63) is 88.2 Å². The second-order valence-corrected chi connectivity index (χ2v) is 9.66. The second kappa shape index (κ2) is 8.40. The minimum atomic E-state index is 0.760. The van der Waals surface area contributed by atoms with Crippen LogP contribution in [0, 0.1) is 0 Å². The molecule has 0 spiro atoms.